The average Bonchev–Trinajstić information content (AvgIpc) is 2.45. The van der Waals surface area contributed by atoms with E-state index in [4.69, 9.17) is 11.6 Å². The minimum Gasteiger partial charge on any atom is -0.310 e. The van der Waals surface area contributed by atoms with Crippen LogP contribution in [0.4, 0.5) is 0 Å². The molecule has 2 rings (SSSR count). The van der Waals surface area contributed by atoms with E-state index < -0.39 is 0 Å². The van der Waals surface area contributed by atoms with Crippen molar-refractivity contribution in [2.24, 2.45) is 0 Å². The molecule has 106 valence electrons. The van der Waals surface area contributed by atoms with Gasteiger partial charge in [0.1, 0.15) is 0 Å². The second kappa shape index (κ2) is 6.87. The first kappa shape index (κ1) is 15.0. The minimum atomic E-state index is 0.271. The summed E-state index contributed by atoms with van der Waals surface area (Å²) in [4.78, 5) is 4.33. The number of benzene rings is 1. The van der Waals surface area contributed by atoms with Crippen molar-refractivity contribution in [3.63, 3.8) is 0 Å². The normalized spacial score (nSPS) is 12.4. The van der Waals surface area contributed by atoms with Gasteiger partial charge in [-0.15, -0.1) is 0 Å². The van der Waals surface area contributed by atoms with Crippen LogP contribution < -0.4 is 5.32 Å². The van der Waals surface area contributed by atoms with Crippen molar-refractivity contribution in [1.29, 1.82) is 0 Å². The maximum absolute atomic E-state index is 6.42. The number of pyridine rings is 1. The Labute approximate surface area is 126 Å². The Balaban J connectivity index is 2.23. The van der Waals surface area contributed by atoms with E-state index in [9.17, 15) is 0 Å². The van der Waals surface area contributed by atoms with Crippen molar-refractivity contribution in [3.8, 4) is 11.1 Å². The molecule has 0 saturated heterocycles. The van der Waals surface area contributed by atoms with Gasteiger partial charge in [0.2, 0.25) is 0 Å². The summed E-state index contributed by atoms with van der Waals surface area (Å²) in [5.74, 6) is 0. The van der Waals surface area contributed by atoms with Crippen LogP contribution in [-0.2, 0) is 0 Å². The summed E-state index contributed by atoms with van der Waals surface area (Å²) in [6.07, 6.45) is 3.01. The van der Waals surface area contributed by atoms with Crippen LogP contribution in [0.5, 0.6) is 0 Å². The minimum absolute atomic E-state index is 0.271. The smallest absolute Gasteiger partial charge is 0.0459 e. The third-order valence-electron chi connectivity index (χ3n) is 3.41. The molecule has 0 bridgehead atoms. The zero-order valence-electron chi connectivity index (χ0n) is 12.3. The van der Waals surface area contributed by atoms with Gasteiger partial charge < -0.3 is 5.32 Å². The standard InChI is InChI=1S/C17H21ClN2/c1-4-9-19-13(3)16-8-7-14(10-17(16)18)15-6-5-12(2)20-11-15/h5-8,10-11,13,19H,4,9H2,1-3H3. The first-order valence-electron chi connectivity index (χ1n) is 7.07. The van der Waals surface area contributed by atoms with Crippen LogP contribution in [0.1, 0.15) is 37.6 Å². The molecule has 0 saturated carbocycles. The maximum Gasteiger partial charge on any atom is 0.0459 e. The fourth-order valence-electron chi connectivity index (χ4n) is 2.17. The quantitative estimate of drug-likeness (QED) is 0.857. The van der Waals surface area contributed by atoms with Gasteiger partial charge in [-0.1, -0.05) is 36.7 Å². The average molecular weight is 289 g/mol. The Hall–Kier alpha value is -1.38. The molecule has 1 unspecified atom stereocenters. The zero-order chi connectivity index (χ0) is 14.5. The summed E-state index contributed by atoms with van der Waals surface area (Å²) in [5, 5.41) is 4.26. The predicted octanol–water partition coefficient (Wildman–Crippen LogP) is 4.77. The van der Waals surface area contributed by atoms with E-state index in [1.807, 2.05) is 25.3 Å². The number of nitrogens with one attached hydrogen (secondary N) is 1. The summed E-state index contributed by atoms with van der Waals surface area (Å²) in [6.45, 7) is 7.29. The Morgan fingerprint density at radius 3 is 2.55 bits per heavy atom. The second-order valence-corrected chi connectivity index (χ2v) is 5.51. The molecule has 0 aliphatic heterocycles. The van der Waals surface area contributed by atoms with Crippen LogP contribution in [0.3, 0.4) is 0 Å². The molecule has 20 heavy (non-hydrogen) atoms. The molecule has 1 heterocycles. The zero-order valence-corrected chi connectivity index (χ0v) is 13.0. The summed E-state index contributed by atoms with van der Waals surface area (Å²) >= 11 is 6.42. The van der Waals surface area contributed by atoms with Gasteiger partial charge in [0.25, 0.3) is 0 Å². The molecule has 0 radical (unpaired) electrons. The molecule has 3 heteroatoms. The van der Waals surface area contributed by atoms with E-state index in [2.05, 4.69) is 42.3 Å². The first-order valence-corrected chi connectivity index (χ1v) is 7.45. The maximum atomic E-state index is 6.42. The third kappa shape index (κ3) is 3.59. The molecule has 0 amide bonds. The van der Waals surface area contributed by atoms with Gasteiger partial charge in [-0.3, -0.25) is 4.98 Å². The Bertz CT molecular complexity index is 564. The van der Waals surface area contributed by atoms with Crippen LogP contribution in [-0.4, -0.2) is 11.5 Å². The largest absolute Gasteiger partial charge is 0.310 e. The number of aryl methyl sites for hydroxylation is 1. The van der Waals surface area contributed by atoms with Crippen LogP contribution >= 0.6 is 11.6 Å². The number of rotatable bonds is 5. The Morgan fingerprint density at radius 1 is 1.20 bits per heavy atom. The molecule has 1 aromatic heterocycles. The summed E-state index contributed by atoms with van der Waals surface area (Å²) in [6, 6.07) is 10.6. The van der Waals surface area contributed by atoms with Gasteiger partial charge in [0.15, 0.2) is 0 Å². The van der Waals surface area contributed by atoms with Crippen molar-refractivity contribution < 1.29 is 0 Å². The molecule has 0 aliphatic rings. The SMILES string of the molecule is CCCNC(C)c1ccc(-c2ccc(C)nc2)cc1Cl. The van der Waals surface area contributed by atoms with Gasteiger partial charge in [0, 0.05) is 28.5 Å². The topological polar surface area (TPSA) is 24.9 Å². The van der Waals surface area contributed by atoms with Crippen LogP contribution in [0.15, 0.2) is 36.5 Å². The van der Waals surface area contributed by atoms with E-state index in [1.54, 1.807) is 0 Å². The lowest BCUT2D eigenvalue weighted by atomic mass is 10.0. The van der Waals surface area contributed by atoms with Gasteiger partial charge in [-0.2, -0.15) is 0 Å². The number of aromatic nitrogens is 1. The highest BCUT2D eigenvalue weighted by Crippen LogP contribution is 2.28. The molecule has 1 atom stereocenters. The lowest BCUT2D eigenvalue weighted by Gasteiger charge is -2.16. The summed E-state index contributed by atoms with van der Waals surface area (Å²) in [5.41, 5.74) is 4.37. The van der Waals surface area contributed by atoms with Gasteiger partial charge in [0.05, 0.1) is 0 Å². The molecular weight excluding hydrogens is 268 g/mol. The molecule has 2 aromatic rings. The Morgan fingerprint density at radius 2 is 1.95 bits per heavy atom. The van der Waals surface area contributed by atoms with Crippen molar-refractivity contribution >= 4 is 11.6 Å². The van der Waals surface area contributed by atoms with E-state index in [0.29, 0.717) is 0 Å². The molecule has 1 N–H and O–H groups in total. The monoisotopic (exact) mass is 288 g/mol. The van der Waals surface area contributed by atoms with Gasteiger partial charge >= 0.3 is 0 Å². The van der Waals surface area contributed by atoms with Crippen molar-refractivity contribution in [3.05, 3.63) is 52.8 Å². The number of hydrogen-bond acceptors (Lipinski definition) is 2. The predicted molar refractivity (Wildman–Crippen MR) is 86.1 cm³/mol. The van der Waals surface area contributed by atoms with Crippen LogP contribution in [0.2, 0.25) is 5.02 Å². The second-order valence-electron chi connectivity index (χ2n) is 5.10. The summed E-state index contributed by atoms with van der Waals surface area (Å²) < 4.78 is 0. The van der Waals surface area contributed by atoms with Crippen LogP contribution in [0, 0.1) is 6.92 Å². The van der Waals surface area contributed by atoms with Crippen molar-refractivity contribution in [2.45, 2.75) is 33.2 Å². The molecule has 0 spiro atoms. The van der Waals surface area contributed by atoms with Crippen molar-refractivity contribution in [2.75, 3.05) is 6.54 Å². The van der Waals surface area contributed by atoms with Gasteiger partial charge in [-0.25, -0.2) is 0 Å². The molecule has 0 aliphatic carbocycles. The fourth-order valence-corrected chi connectivity index (χ4v) is 2.51. The van der Waals surface area contributed by atoms with Gasteiger partial charge in [-0.05, 0) is 50.1 Å². The Kier molecular flexibility index (Phi) is 5.16. The highest BCUT2D eigenvalue weighted by atomic mass is 35.5. The molecule has 1 aromatic carbocycles. The highest BCUT2D eigenvalue weighted by molar-refractivity contribution is 6.31. The van der Waals surface area contributed by atoms with Crippen molar-refractivity contribution in [1.82, 2.24) is 10.3 Å². The molecule has 0 fully saturated rings. The summed E-state index contributed by atoms with van der Waals surface area (Å²) in [7, 11) is 0. The highest BCUT2D eigenvalue weighted by Gasteiger charge is 2.10. The number of nitrogens with zero attached hydrogens (tertiary/aromatic N) is 1. The van der Waals surface area contributed by atoms with E-state index >= 15 is 0 Å². The molecular formula is C17H21ClN2. The lowest BCUT2D eigenvalue weighted by molar-refractivity contribution is 0.571. The van der Waals surface area contributed by atoms with E-state index in [1.165, 1.54) is 0 Å². The first-order chi connectivity index (χ1) is 9.61. The molecule has 2 nitrogen and oxygen atoms in total. The lowest BCUT2D eigenvalue weighted by Crippen LogP contribution is -2.19. The van der Waals surface area contributed by atoms with E-state index in [0.717, 1.165) is 40.4 Å². The third-order valence-corrected chi connectivity index (χ3v) is 3.74. The van der Waals surface area contributed by atoms with Crippen LogP contribution in [0.25, 0.3) is 11.1 Å². The fraction of sp³-hybridized carbons (Fsp3) is 0.353. The number of halogens is 1. The number of hydrogen-bond donors (Lipinski definition) is 1. The van der Waals surface area contributed by atoms with E-state index in [-0.39, 0.29) is 6.04 Å².